The van der Waals surface area contributed by atoms with Crippen molar-refractivity contribution >= 4 is 22.5 Å². The Hall–Kier alpha value is -4.96. The Morgan fingerprint density at radius 2 is 1.75 bits per heavy atom. The molecule has 2 heterocycles. The van der Waals surface area contributed by atoms with E-state index in [0.717, 1.165) is 5.39 Å². The van der Waals surface area contributed by atoms with Gasteiger partial charge < -0.3 is 19.9 Å². The second-order valence-electron chi connectivity index (χ2n) is 9.31. The maximum atomic E-state index is 13.4. The van der Waals surface area contributed by atoms with Gasteiger partial charge in [-0.1, -0.05) is 0 Å². The number of pyridine rings is 1. The van der Waals surface area contributed by atoms with Crippen molar-refractivity contribution in [3.05, 3.63) is 106 Å². The first kappa shape index (κ1) is 26.6. The summed E-state index contributed by atoms with van der Waals surface area (Å²) in [7, 11) is 1.66. The normalized spacial score (nSPS) is 11.8. The number of aliphatic hydroxyl groups is 1. The molecule has 0 radical (unpaired) electrons. The number of anilines is 1. The van der Waals surface area contributed by atoms with E-state index in [1.807, 2.05) is 6.07 Å². The number of rotatable bonds is 8. The van der Waals surface area contributed by atoms with E-state index in [9.17, 15) is 19.1 Å². The molecule has 0 bridgehead atoms. The average Bonchev–Trinajstić information content (AvgIpc) is 3.16. The summed E-state index contributed by atoms with van der Waals surface area (Å²) in [6, 6.07) is 19.4. The third kappa shape index (κ3) is 5.43. The molecule has 10 heteroatoms. The average molecular weight is 543 g/mol. The molecule has 1 amide bonds. The van der Waals surface area contributed by atoms with E-state index < -0.39 is 23.4 Å². The van der Waals surface area contributed by atoms with Crippen LogP contribution in [0.3, 0.4) is 0 Å². The lowest BCUT2D eigenvalue weighted by Gasteiger charge is -2.12. The summed E-state index contributed by atoms with van der Waals surface area (Å²) in [5, 5.41) is 13.0. The molecule has 0 aliphatic rings. The van der Waals surface area contributed by atoms with Crippen molar-refractivity contribution < 1.29 is 23.8 Å². The van der Waals surface area contributed by atoms with Crippen LogP contribution in [0.1, 0.15) is 23.0 Å². The van der Waals surface area contributed by atoms with Crippen molar-refractivity contribution in [2.75, 3.05) is 11.9 Å². The van der Waals surface area contributed by atoms with Crippen LogP contribution in [0.25, 0.3) is 16.6 Å². The van der Waals surface area contributed by atoms with Crippen molar-refractivity contribution in [2.45, 2.75) is 20.0 Å². The zero-order valence-electron chi connectivity index (χ0n) is 22.1. The molecule has 5 rings (SSSR count). The molecule has 40 heavy (non-hydrogen) atoms. The monoisotopic (exact) mass is 542 g/mol. The topological polar surface area (TPSA) is 108 Å². The summed E-state index contributed by atoms with van der Waals surface area (Å²) in [6.07, 6.45) is 1.05. The summed E-state index contributed by atoms with van der Waals surface area (Å²) in [5.41, 5.74) is 1.56. The fourth-order valence-electron chi connectivity index (χ4n) is 4.27. The first-order valence-corrected chi connectivity index (χ1v) is 12.5. The van der Waals surface area contributed by atoms with Gasteiger partial charge in [0.05, 0.1) is 23.0 Å². The van der Waals surface area contributed by atoms with Crippen LogP contribution in [0, 0.1) is 12.7 Å². The van der Waals surface area contributed by atoms with E-state index >= 15 is 0 Å². The molecular weight excluding hydrogens is 515 g/mol. The molecule has 0 aliphatic heterocycles. The van der Waals surface area contributed by atoms with Crippen molar-refractivity contribution in [3.63, 3.8) is 0 Å². The number of fused-ring (bicyclic) bond motifs is 1. The fourth-order valence-corrected chi connectivity index (χ4v) is 4.27. The van der Waals surface area contributed by atoms with Gasteiger partial charge in [0.25, 0.3) is 11.5 Å². The molecule has 0 spiro atoms. The van der Waals surface area contributed by atoms with Crippen molar-refractivity contribution in [1.29, 1.82) is 0 Å². The number of aromatic nitrogens is 3. The summed E-state index contributed by atoms with van der Waals surface area (Å²) >= 11 is 0. The highest BCUT2D eigenvalue weighted by molar-refractivity contribution is 6.05. The van der Waals surface area contributed by atoms with E-state index in [0.29, 0.717) is 39.8 Å². The Labute approximate surface area is 229 Å². The lowest BCUT2D eigenvalue weighted by atomic mass is 10.2. The van der Waals surface area contributed by atoms with Gasteiger partial charge in [-0.3, -0.25) is 19.3 Å². The predicted molar refractivity (Wildman–Crippen MR) is 149 cm³/mol. The molecule has 5 aromatic rings. The van der Waals surface area contributed by atoms with E-state index in [2.05, 4.69) is 10.3 Å². The Morgan fingerprint density at radius 3 is 2.45 bits per heavy atom. The zero-order chi connectivity index (χ0) is 28.4. The number of amides is 1. The molecule has 0 aliphatic carbocycles. The second-order valence-corrected chi connectivity index (χ2v) is 9.31. The van der Waals surface area contributed by atoms with Gasteiger partial charge in [0.15, 0.2) is 0 Å². The molecule has 2 aromatic heterocycles. The number of carbonyl (C=O) groups is 1. The van der Waals surface area contributed by atoms with Gasteiger partial charge in [0.1, 0.15) is 35.2 Å². The quantitative estimate of drug-likeness (QED) is 0.287. The molecule has 2 N–H and O–H groups in total. The molecule has 204 valence electrons. The van der Waals surface area contributed by atoms with E-state index in [-0.39, 0.29) is 12.2 Å². The minimum atomic E-state index is -0.581. The highest BCUT2D eigenvalue weighted by Gasteiger charge is 2.22. The Bertz CT molecular complexity index is 1740. The van der Waals surface area contributed by atoms with Crippen LogP contribution in [0.2, 0.25) is 0 Å². The highest BCUT2D eigenvalue weighted by Crippen LogP contribution is 2.31. The first-order chi connectivity index (χ1) is 19.2. The summed E-state index contributed by atoms with van der Waals surface area (Å²) < 4.78 is 27.9. The van der Waals surface area contributed by atoms with Crippen LogP contribution in [0.4, 0.5) is 10.1 Å². The number of aliphatic hydroxyl groups excluding tert-OH is 1. The second kappa shape index (κ2) is 11.0. The smallest absolute Gasteiger partial charge is 0.284 e. The van der Waals surface area contributed by atoms with Crippen LogP contribution in [0.15, 0.2) is 83.8 Å². The van der Waals surface area contributed by atoms with E-state index in [1.54, 1.807) is 74.2 Å². The zero-order valence-corrected chi connectivity index (χ0v) is 22.1. The SMILES string of the molecule is Cc1c(C(=O)Nc2ccc(Oc3ccnc4cc(OC[C@@H](C)O)ccc34)cc2)c(=O)n(-c2ccc(F)cc2)n1C. The van der Waals surface area contributed by atoms with Crippen LogP contribution < -0.4 is 20.3 Å². The molecular formula is C30H27FN4O5. The number of hydrogen-bond donors (Lipinski definition) is 2. The minimum absolute atomic E-state index is 0.00722. The van der Waals surface area contributed by atoms with Crippen molar-refractivity contribution in [3.8, 4) is 22.9 Å². The number of nitrogens with zero attached hydrogens (tertiary/aromatic N) is 3. The van der Waals surface area contributed by atoms with Gasteiger partial charge in [-0.15, -0.1) is 0 Å². The van der Waals surface area contributed by atoms with Crippen LogP contribution in [-0.2, 0) is 7.05 Å². The van der Waals surface area contributed by atoms with Crippen molar-refractivity contribution in [2.24, 2.45) is 7.05 Å². The molecule has 0 saturated heterocycles. The van der Waals surface area contributed by atoms with Crippen LogP contribution in [0.5, 0.6) is 17.2 Å². The Morgan fingerprint density at radius 1 is 1.05 bits per heavy atom. The van der Waals surface area contributed by atoms with E-state index in [4.69, 9.17) is 9.47 Å². The summed E-state index contributed by atoms with van der Waals surface area (Å²) in [4.78, 5) is 30.6. The number of nitrogens with one attached hydrogen (secondary N) is 1. The third-order valence-corrected chi connectivity index (χ3v) is 6.36. The fraction of sp³-hybridized carbons (Fsp3) is 0.167. The third-order valence-electron chi connectivity index (χ3n) is 6.36. The van der Waals surface area contributed by atoms with Gasteiger partial charge >= 0.3 is 0 Å². The van der Waals surface area contributed by atoms with Gasteiger partial charge in [-0.2, -0.15) is 0 Å². The summed E-state index contributed by atoms with van der Waals surface area (Å²) in [5.74, 6) is 0.745. The maximum absolute atomic E-state index is 13.4. The number of carbonyl (C=O) groups excluding carboxylic acids is 1. The standard InChI is InChI=1S/C30H27FN4O5/c1-18(36)17-39-24-12-13-25-26(16-24)32-15-14-27(25)40-23-10-6-21(7-11-23)33-29(37)28-19(2)34(3)35(30(28)38)22-8-4-20(31)5-9-22/h4-16,18,36H,17H2,1-3H3,(H,33,37)/t18-/m1/s1. The lowest BCUT2D eigenvalue weighted by molar-refractivity contribution is 0.102. The van der Waals surface area contributed by atoms with E-state index in [1.165, 1.54) is 28.9 Å². The first-order valence-electron chi connectivity index (χ1n) is 12.5. The number of benzene rings is 3. The molecule has 0 saturated carbocycles. The van der Waals surface area contributed by atoms with Gasteiger partial charge in [-0.25, -0.2) is 9.07 Å². The van der Waals surface area contributed by atoms with Gasteiger partial charge in [0, 0.05) is 30.4 Å². The number of ether oxygens (including phenoxy) is 2. The maximum Gasteiger partial charge on any atom is 0.284 e. The summed E-state index contributed by atoms with van der Waals surface area (Å²) in [6.45, 7) is 3.50. The molecule has 0 unspecified atom stereocenters. The highest BCUT2D eigenvalue weighted by atomic mass is 19.1. The lowest BCUT2D eigenvalue weighted by Crippen LogP contribution is -2.25. The van der Waals surface area contributed by atoms with Crippen LogP contribution >= 0.6 is 0 Å². The van der Waals surface area contributed by atoms with Gasteiger partial charge in [-0.05, 0) is 80.6 Å². The molecule has 1 atom stereocenters. The van der Waals surface area contributed by atoms with Gasteiger partial charge in [0.2, 0.25) is 0 Å². The molecule has 3 aromatic carbocycles. The van der Waals surface area contributed by atoms with Crippen LogP contribution in [-0.4, -0.2) is 38.1 Å². The molecule has 9 nitrogen and oxygen atoms in total. The molecule has 0 fully saturated rings. The minimum Gasteiger partial charge on any atom is -0.491 e. The largest absolute Gasteiger partial charge is 0.491 e. The predicted octanol–water partition coefficient (Wildman–Crippen LogP) is 4.98. The Kier molecular flexibility index (Phi) is 7.35. The van der Waals surface area contributed by atoms with Crippen molar-refractivity contribution in [1.82, 2.24) is 14.3 Å². The number of halogens is 1. The Balaban J connectivity index is 1.32. The number of hydrogen-bond acceptors (Lipinski definition) is 6.